The molecule has 1 aromatic heterocycles. The highest BCUT2D eigenvalue weighted by Gasteiger charge is 2.59. The van der Waals surface area contributed by atoms with Gasteiger partial charge in [0.1, 0.15) is 0 Å². The van der Waals surface area contributed by atoms with E-state index in [2.05, 4.69) is 16.0 Å². The Bertz CT molecular complexity index is 822. The molecule has 2 fully saturated rings. The Balaban J connectivity index is 1.57. The van der Waals surface area contributed by atoms with Crippen molar-refractivity contribution in [1.82, 2.24) is 9.88 Å². The summed E-state index contributed by atoms with van der Waals surface area (Å²) in [5.74, 6) is 0.236. The molecule has 1 saturated heterocycles. The summed E-state index contributed by atoms with van der Waals surface area (Å²) >= 11 is 0. The number of morpholine rings is 1. The molecule has 124 valence electrons. The lowest BCUT2D eigenvalue weighted by Gasteiger charge is -2.50. The Morgan fingerprint density at radius 1 is 1.21 bits per heavy atom. The van der Waals surface area contributed by atoms with Gasteiger partial charge in [-0.05, 0) is 18.9 Å². The van der Waals surface area contributed by atoms with E-state index < -0.39 is 0 Å². The quantitative estimate of drug-likeness (QED) is 0.805. The fourth-order valence-electron chi connectivity index (χ4n) is 4.75. The minimum Gasteiger partial charge on any atom is -0.379 e. The molecule has 1 aromatic carbocycles. The van der Waals surface area contributed by atoms with E-state index in [0.717, 1.165) is 55.7 Å². The molecular weight excluding hydrogens is 302 g/mol. The van der Waals surface area contributed by atoms with Crippen molar-refractivity contribution in [1.29, 1.82) is 0 Å². The van der Waals surface area contributed by atoms with Gasteiger partial charge in [-0.3, -0.25) is 14.7 Å². The SMILES string of the molecule is CN1C(=O)C2(CC(N3CCOCC3)C2)c2c1cnc1ccccc21. The molecule has 5 rings (SSSR count). The monoisotopic (exact) mass is 323 g/mol. The summed E-state index contributed by atoms with van der Waals surface area (Å²) in [4.78, 5) is 21.9. The van der Waals surface area contributed by atoms with Gasteiger partial charge in [-0.1, -0.05) is 18.2 Å². The molecule has 0 radical (unpaired) electrons. The first-order valence-electron chi connectivity index (χ1n) is 8.69. The van der Waals surface area contributed by atoms with E-state index in [-0.39, 0.29) is 11.3 Å². The minimum atomic E-state index is -0.352. The number of carbonyl (C=O) groups excluding carboxylic acids is 1. The fourth-order valence-corrected chi connectivity index (χ4v) is 4.75. The van der Waals surface area contributed by atoms with Crippen molar-refractivity contribution in [2.45, 2.75) is 24.3 Å². The summed E-state index contributed by atoms with van der Waals surface area (Å²) < 4.78 is 5.46. The van der Waals surface area contributed by atoms with Crippen LogP contribution < -0.4 is 4.90 Å². The van der Waals surface area contributed by atoms with Gasteiger partial charge in [-0.15, -0.1) is 0 Å². The van der Waals surface area contributed by atoms with Crippen LogP contribution in [0.1, 0.15) is 18.4 Å². The van der Waals surface area contributed by atoms with Crippen molar-refractivity contribution >= 4 is 22.5 Å². The van der Waals surface area contributed by atoms with Gasteiger partial charge in [0, 0.05) is 37.1 Å². The summed E-state index contributed by atoms with van der Waals surface area (Å²) in [6, 6.07) is 8.68. The molecule has 2 aromatic rings. The Morgan fingerprint density at radius 3 is 2.75 bits per heavy atom. The number of likely N-dealkylation sites (N-methyl/N-ethyl adjacent to an activating group) is 1. The van der Waals surface area contributed by atoms with Gasteiger partial charge in [0.15, 0.2) is 0 Å². The number of nitrogens with zero attached hydrogens (tertiary/aromatic N) is 3. The number of pyridine rings is 1. The first kappa shape index (κ1) is 14.4. The van der Waals surface area contributed by atoms with E-state index in [9.17, 15) is 4.79 Å². The first-order valence-corrected chi connectivity index (χ1v) is 8.69. The molecule has 1 spiro atoms. The van der Waals surface area contributed by atoms with Gasteiger partial charge in [-0.25, -0.2) is 0 Å². The third-order valence-electron chi connectivity index (χ3n) is 6.04. The molecule has 1 amide bonds. The summed E-state index contributed by atoms with van der Waals surface area (Å²) in [6.45, 7) is 3.57. The van der Waals surface area contributed by atoms with Crippen LogP contribution in [-0.4, -0.2) is 55.2 Å². The minimum absolute atomic E-state index is 0.236. The lowest BCUT2D eigenvalue weighted by Crippen LogP contribution is -2.59. The second-order valence-corrected chi connectivity index (χ2v) is 7.19. The van der Waals surface area contributed by atoms with Crippen LogP contribution in [0.25, 0.3) is 10.9 Å². The van der Waals surface area contributed by atoms with Crippen LogP contribution in [0.4, 0.5) is 5.69 Å². The largest absolute Gasteiger partial charge is 0.379 e. The third-order valence-corrected chi connectivity index (χ3v) is 6.04. The van der Waals surface area contributed by atoms with Gasteiger partial charge in [0.25, 0.3) is 0 Å². The van der Waals surface area contributed by atoms with Gasteiger partial charge >= 0.3 is 0 Å². The third kappa shape index (κ3) is 1.77. The average molecular weight is 323 g/mol. The molecule has 0 atom stereocenters. The van der Waals surface area contributed by atoms with Crippen molar-refractivity contribution in [2.75, 3.05) is 38.3 Å². The zero-order valence-electron chi connectivity index (χ0n) is 13.9. The topological polar surface area (TPSA) is 45.7 Å². The Labute approximate surface area is 141 Å². The number of fused-ring (bicyclic) bond motifs is 4. The van der Waals surface area contributed by atoms with E-state index in [0.29, 0.717) is 6.04 Å². The number of benzene rings is 1. The maximum atomic E-state index is 13.1. The first-order chi connectivity index (χ1) is 11.7. The van der Waals surface area contributed by atoms with E-state index in [4.69, 9.17) is 4.74 Å². The standard InChI is InChI=1S/C19H21N3O2/c1-21-16-12-20-15-5-3-2-4-14(15)17(16)19(18(21)23)10-13(11-19)22-6-8-24-9-7-22/h2-5,12-13H,6-11H2,1H3. The number of anilines is 1. The van der Waals surface area contributed by atoms with E-state index >= 15 is 0 Å². The summed E-state index contributed by atoms with van der Waals surface area (Å²) in [5, 5.41) is 1.13. The number of carbonyl (C=O) groups is 1. The van der Waals surface area contributed by atoms with Crippen LogP contribution in [-0.2, 0) is 14.9 Å². The van der Waals surface area contributed by atoms with E-state index in [1.165, 1.54) is 5.56 Å². The van der Waals surface area contributed by atoms with Crippen LogP contribution in [0.15, 0.2) is 30.5 Å². The summed E-state index contributed by atoms with van der Waals surface area (Å²) in [7, 11) is 1.88. The molecule has 3 aliphatic rings. The highest BCUT2D eigenvalue weighted by atomic mass is 16.5. The number of rotatable bonds is 1. The van der Waals surface area contributed by atoms with Crippen molar-refractivity contribution in [2.24, 2.45) is 0 Å². The second kappa shape index (κ2) is 5.01. The second-order valence-electron chi connectivity index (χ2n) is 7.19. The Kier molecular flexibility index (Phi) is 3.00. The Hall–Kier alpha value is -1.98. The maximum Gasteiger partial charge on any atom is 0.237 e. The fraction of sp³-hybridized carbons (Fsp3) is 0.474. The van der Waals surface area contributed by atoms with Crippen molar-refractivity contribution < 1.29 is 9.53 Å². The van der Waals surface area contributed by atoms with Gasteiger partial charge in [0.2, 0.25) is 5.91 Å². The lowest BCUT2D eigenvalue weighted by molar-refractivity contribution is -0.129. The zero-order chi connectivity index (χ0) is 16.3. The molecule has 2 aliphatic heterocycles. The van der Waals surface area contributed by atoms with Crippen molar-refractivity contribution in [3.8, 4) is 0 Å². The number of aromatic nitrogens is 1. The molecule has 0 unspecified atom stereocenters. The van der Waals surface area contributed by atoms with Crippen LogP contribution >= 0.6 is 0 Å². The highest BCUT2D eigenvalue weighted by Crippen LogP contribution is 2.56. The number of ether oxygens (including phenoxy) is 1. The Morgan fingerprint density at radius 2 is 1.96 bits per heavy atom. The van der Waals surface area contributed by atoms with Crippen LogP contribution in [0.3, 0.4) is 0 Å². The molecule has 24 heavy (non-hydrogen) atoms. The predicted octanol–water partition coefficient (Wildman–Crippen LogP) is 1.94. The van der Waals surface area contributed by atoms with Crippen LogP contribution in [0.2, 0.25) is 0 Å². The highest BCUT2D eigenvalue weighted by molar-refractivity contribution is 6.12. The number of para-hydroxylation sites is 1. The molecule has 5 nitrogen and oxygen atoms in total. The maximum absolute atomic E-state index is 13.1. The molecule has 1 aliphatic carbocycles. The molecule has 0 bridgehead atoms. The molecule has 1 saturated carbocycles. The van der Waals surface area contributed by atoms with Crippen molar-refractivity contribution in [3.63, 3.8) is 0 Å². The smallest absolute Gasteiger partial charge is 0.237 e. The zero-order valence-corrected chi connectivity index (χ0v) is 13.9. The molecule has 0 N–H and O–H groups in total. The van der Waals surface area contributed by atoms with Gasteiger partial charge < -0.3 is 9.64 Å². The molecule has 5 heteroatoms. The molecule has 3 heterocycles. The normalized spacial score (nSPS) is 30.0. The van der Waals surface area contributed by atoms with E-state index in [1.54, 1.807) is 0 Å². The summed E-state index contributed by atoms with van der Waals surface area (Å²) in [6.07, 6.45) is 3.70. The lowest BCUT2D eigenvalue weighted by atomic mass is 9.61. The predicted molar refractivity (Wildman–Crippen MR) is 92.2 cm³/mol. The van der Waals surface area contributed by atoms with Crippen LogP contribution in [0, 0.1) is 0 Å². The number of amides is 1. The average Bonchev–Trinajstić information content (AvgIpc) is 2.83. The van der Waals surface area contributed by atoms with Crippen molar-refractivity contribution in [3.05, 3.63) is 36.0 Å². The van der Waals surface area contributed by atoms with E-state index in [1.807, 2.05) is 36.3 Å². The number of hydrogen-bond donors (Lipinski definition) is 0. The van der Waals surface area contributed by atoms with Gasteiger partial charge in [-0.2, -0.15) is 0 Å². The summed E-state index contributed by atoms with van der Waals surface area (Å²) in [5.41, 5.74) is 2.81. The van der Waals surface area contributed by atoms with Crippen LogP contribution in [0.5, 0.6) is 0 Å². The van der Waals surface area contributed by atoms with Gasteiger partial charge in [0.05, 0.1) is 36.0 Å². The molecular formula is C19H21N3O2. The number of hydrogen-bond acceptors (Lipinski definition) is 4.